The molecule has 0 spiro atoms. The minimum atomic E-state index is -1.14. The second kappa shape index (κ2) is 7.17. The molecule has 0 aromatic carbocycles. The maximum atomic E-state index is 11.7. The third-order valence-corrected chi connectivity index (χ3v) is 3.57. The van der Waals surface area contributed by atoms with E-state index in [0.717, 1.165) is 12.8 Å². The number of hydrogen-bond donors (Lipinski definition) is 4. The Hall–Kier alpha value is -1.22. The first-order valence-corrected chi connectivity index (χ1v) is 7.08. The zero-order valence-electron chi connectivity index (χ0n) is 11.9. The topological polar surface area (TPSA) is 117 Å². The van der Waals surface area contributed by atoms with Crippen LogP contribution < -0.4 is 10.6 Å². The maximum Gasteiger partial charge on any atom is 0.246 e. The summed E-state index contributed by atoms with van der Waals surface area (Å²) in [7, 11) is 1.40. The Morgan fingerprint density at radius 2 is 1.86 bits per heavy atom. The largest absolute Gasteiger partial charge is 0.388 e. The van der Waals surface area contributed by atoms with Crippen molar-refractivity contribution in [2.24, 2.45) is 0 Å². The van der Waals surface area contributed by atoms with Crippen LogP contribution in [0.2, 0.25) is 0 Å². The average molecular weight is 302 g/mol. The van der Waals surface area contributed by atoms with E-state index in [2.05, 4.69) is 15.4 Å². The molecule has 8 heteroatoms. The van der Waals surface area contributed by atoms with Crippen LogP contribution in [0.1, 0.15) is 19.3 Å². The summed E-state index contributed by atoms with van der Waals surface area (Å²) < 4.78 is 10.1. The smallest absolute Gasteiger partial charge is 0.246 e. The van der Waals surface area contributed by atoms with Crippen molar-refractivity contribution in [1.82, 2.24) is 10.6 Å². The minimum absolute atomic E-state index is 0.00273. The number of aliphatic hydroxyl groups excluding tert-OH is 2. The van der Waals surface area contributed by atoms with Gasteiger partial charge in [-0.05, 0) is 12.8 Å². The third-order valence-electron chi connectivity index (χ3n) is 3.57. The summed E-state index contributed by atoms with van der Waals surface area (Å²) in [6, 6.07) is 0.241. The summed E-state index contributed by atoms with van der Waals surface area (Å²) in [6.07, 6.45) is -1.81. The number of amides is 2. The van der Waals surface area contributed by atoms with Gasteiger partial charge in [-0.15, -0.1) is 0 Å². The van der Waals surface area contributed by atoms with E-state index < -0.39 is 24.4 Å². The van der Waals surface area contributed by atoms with Crippen LogP contribution in [0.25, 0.3) is 0 Å². The lowest BCUT2D eigenvalue weighted by Gasteiger charge is -2.15. The standard InChI is InChI=1S/C13H22N2O6/c1-20-6-11(17)14-5-9-13(19)12(18)8(21-9)4-10(16)15-7-2-3-7/h7-9,12-13,18-19H,2-6H2,1H3,(H,14,17)(H,15,16). The molecule has 0 bridgehead atoms. The summed E-state index contributed by atoms with van der Waals surface area (Å²) in [6.45, 7) is -0.0280. The first-order valence-electron chi connectivity index (χ1n) is 7.08. The highest BCUT2D eigenvalue weighted by Gasteiger charge is 2.43. The highest BCUT2D eigenvalue weighted by molar-refractivity contribution is 5.77. The van der Waals surface area contributed by atoms with Crippen LogP contribution >= 0.6 is 0 Å². The summed E-state index contributed by atoms with van der Waals surface area (Å²) in [5.41, 5.74) is 0. The Bertz CT molecular complexity index is 387. The zero-order chi connectivity index (χ0) is 15.4. The molecule has 2 fully saturated rings. The first kappa shape index (κ1) is 16.2. The fourth-order valence-corrected chi connectivity index (χ4v) is 2.26. The highest BCUT2D eigenvalue weighted by Crippen LogP contribution is 2.24. The molecule has 1 saturated heterocycles. The van der Waals surface area contributed by atoms with Gasteiger partial charge >= 0.3 is 0 Å². The molecule has 4 N–H and O–H groups in total. The van der Waals surface area contributed by atoms with E-state index in [1.54, 1.807) is 0 Å². The molecule has 2 aliphatic rings. The summed E-state index contributed by atoms with van der Waals surface area (Å²) in [5.74, 6) is -0.532. The molecule has 1 saturated carbocycles. The summed E-state index contributed by atoms with van der Waals surface area (Å²) >= 11 is 0. The highest BCUT2D eigenvalue weighted by atomic mass is 16.5. The predicted octanol–water partition coefficient (Wildman–Crippen LogP) is -2.09. The lowest BCUT2D eigenvalue weighted by Crippen LogP contribution is -2.41. The summed E-state index contributed by atoms with van der Waals surface area (Å²) in [5, 5.41) is 25.1. The molecule has 4 atom stereocenters. The van der Waals surface area contributed by atoms with Crippen molar-refractivity contribution in [1.29, 1.82) is 0 Å². The SMILES string of the molecule is COCC(=O)NCC1OC(CC(=O)NC2CC2)C(O)C1O. The number of hydrogen-bond acceptors (Lipinski definition) is 6. The van der Waals surface area contributed by atoms with Gasteiger partial charge in [0.05, 0.1) is 12.5 Å². The second-order valence-electron chi connectivity index (χ2n) is 5.48. The Morgan fingerprint density at radius 1 is 1.19 bits per heavy atom. The van der Waals surface area contributed by atoms with E-state index in [1.807, 2.05) is 0 Å². The molecule has 0 radical (unpaired) electrons. The van der Waals surface area contributed by atoms with E-state index in [0.29, 0.717) is 0 Å². The molecule has 4 unspecified atom stereocenters. The fourth-order valence-electron chi connectivity index (χ4n) is 2.26. The van der Waals surface area contributed by atoms with Crippen LogP contribution in [0.4, 0.5) is 0 Å². The Kier molecular flexibility index (Phi) is 5.51. The first-order chi connectivity index (χ1) is 10.0. The molecule has 0 aromatic heterocycles. The van der Waals surface area contributed by atoms with Crippen LogP contribution in [-0.4, -0.2) is 72.7 Å². The van der Waals surface area contributed by atoms with Crippen molar-refractivity contribution in [2.45, 2.75) is 49.7 Å². The van der Waals surface area contributed by atoms with Crippen molar-refractivity contribution < 1.29 is 29.3 Å². The number of nitrogens with one attached hydrogen (secondary N) is 2. The maximum absolute atomic E-state index is 11.7. The van der Waals surface area contributed by atoms with Gasteiger partial charge in [-0.1, -0.05) is 0 Å². The van der Waals surface area contributed by atoms with Gasteiger partial charge in [-0.25, -0.2) is 0 Å². The molecule has 1 aliphatic carbocycles. The third kappa shape index (κ3) is 4.63. The molecule has 2 rings (SSSR count). The van der Waals surface area contributed by atoms with E-state index in [-0.39, 0.29) is 37.4 Å². The van der Waals surface area contributed by atoms with Gasteiger partial charge in [0.1, 0.15) is 24.9 Å². The quantitative estimate of drug-likeness (QED) is 0.428. The number of carbonyl (C=O) groups excluding carboxylic acids is 2. The molecule has 21 heavy (non-hydrogen) atoms. The van der Waals surface area contributed by atoms with Gasteiger partial charge in [0.15, 0.2) is 0 Å². The van der Waals surface area contributed by atoms with Crippen LogP contribution in [0.3, 0.4) is 0 Å². The van der Waals surface area contributed by atoms with Gasteiger partial charge in [0.2, 0.25) is 11.8 Å². The lowest BCUT2D eigenvalue weighted by molar-refractivity contribution is -0.127. The molecule has 0 aromatic rings. The van der Waals surface area contributed by atoms with Crippen LogP contribution in [0, 0.1) is 0 Å². The number of carbonyl (C=O) groups is 2. The molecular formula is C13H22N2O6. The number of aliphatic hydroxyl groups is 2. The molecular weight excluding hydrogens is 280 g/mol. The van der Waals surface area contributed by atoms with Gasteiger partial charge in [-0.3, -0.25) is 9.59 Å². The van der Waals surface area contributed by atoms with E-state index in [4.69, 9.17) is 4.74 Å². The molecule has 1 aliphatic heterocycles. The Labute approximate surface area is 122 Å². The number of rotatable bonds is 7. The monoisotopic (exact) mass is 302 g/mol. The van der Waals surface area contributed by atoms with Gasteiger partial charge in [0, 0.05) is 19.7 Å². The van der Waals surface area contributed by atoms with Gasteiger partial charge in [-0.2, -0.15) is 0 Å². The van der Waals surface area contributed by atoms with Crippen molar-refractivity contribution in [3.05, 3.63) is 0 Å². The van der Waals surface area contributed by atoms with Crippen molar-refractivity contribution in [2.75, 3.05) is 20.3 Å². The van der Waals surface area contributed by atoms with Gasteiger partial charge < -0.3 is 30.3 Å². The number of methoxy groups -OCH3 is 1. The van der Waals surface area contributed by atoms with E-state index >= 15 is 0 Å². The van der Waals surface area contributed by atoms with Gasteiger partial charge in [0.25, 0.3) is 0 Å². The van der Waals surface area contributed by atoms with E-state index in [1.165, 1.54) is 7.11 Å². The molecule has 120 valence electrons. The predicted molar refractivity (Wildman–Crippen MR) is 71.3 cm³/mol. The van der Waals surface area contributed by atoms with E-state index in [9.17, 15) is 19.8 Å². The fraction of sp³-hybridized carbons (Fsp3) is 0.846. The zero-order valence-corrected chi connectivity index (χ0v) is 11.9. The van der Waals surface area contributed by atoms with Crippen LogP contribution in [0.15, 0.2) is 0 Å². The molecule has 2 amide bonds. The normalized spacial score (nSPS) is 32.0. The van der Waals surface area contributed by atoms with Crippen molar-refractivity contribution in [3.8, 4) is 0 Å². The van der Waals surface area contributed by atoms with Crippen molar-refractivity contribution >= 4 is 11.8 Å². The number of ether oxygens (including phenoxy) is 2. The molecule has 8 nitrogen and oxygen atoms in total. The summed E-state index contributed by atoms with van der Waals surface area (Å²) in [4.78, 5) is 23.0. The van der Waals surface area contributed by atoms with Crippen LogP contribution in [0.5, 0.6) is 0 Å². The lowest BCUT2D eigenvalue weighted by atomic mass is 10.1. The second-order valence-corrected chi connectivity index (χ2v) is 5.48. The Balaban J connectivity index is 1.76. The Morgan fingerprint density at radius 3 is 2.48 bits per heavy atom. The molecule has 1 heterocycles. The minimum Gasteiger partial charge on any atom is -0.388 e. The average Bonchev–Trinajstić information content (AvgIpc) is 3.20. The van der Waals surface area contributed by atoms with Crippen molar-refractivity contribution in [3.63, 3.8) is 0 Å². The van der Waals surface area contributed by atoms with Crippen LogP contribution in [-0.2, 0) is 19.1 Å².